The Kier molecular flexibility index (Phi) is 7.97. The molecular formula is C17H30ClN3O. The number of rotatable bonds is 6. The molecule has 0 aromatic carbocycles. The van der Waals surface area contributed by atoms with E-state index in [1.807, 2.05) is 6.07 Å². The minimum Gasteiger partial charge on any atom is -0.352 e. The third-order valence-electron chi connectivity index (χ3n) is 4.59. The highest BCUT2D eigenvalue weighted by Gasteiger charge is 2.22. The van der Waals surface area contributed by atoms with Gasteiger partial charge < -0.3 is 15.6 Å². The number of carbonyl (C=O) groups is 1. The number of unbranched alkanes of at least 4 members (excludes halogenated alkanes) is 1. The van der Waals surface area contributed by atoms with Gasteiger partial charge in [0.25, 0.3) is 5.91 Å². The van der Waals surface area contributed by atoms with Gasteiger partial charge in [-0.25, -0.2) is 0 Å². The lowest BCUT2D eigenvalue weighted by atomic mass is 9.95. The van der Waals surface area contributed by atoms with Crippen LogP contribution in [-0.2, 0) is 0 Å². The van der Waals surface area contributed by atoms with E-state index in [1.54, 1.807) is 0 Å². The molecule has 0 unspecified atom stereocenters. The summed E-state index contributed by atoms with van der Waals surface area (Å²) in [6.45, 7) is 5.60. The minimum atomic E-state index is 0. The normalized spacial score (nSPS) is 15.4. The molecule has 1 saturated carbocycles. The second-order valence-corrected chi connectivity index (χ2v) is 6.20. The molecule has 0 saturated heterocycles. The molecule has 22 heavy (non-hydrogen) atoms. The molecule has 1 aliphatic carbocycles. The predicted octanol–water partition coefficient (Wildman–Crippen LogP) is 3.50. The number of carbonyl (C=O) groups excluding carboxylic acids is 1. The maximum Gasteiger partial charge on any atom is 0.253 e. The van der Waals surface area contributed by atoms with Crippen molar-refractivity contribution < 1.29 is 4.79 Å². The number of hydrogen-bond acceptors (Lipinski definition) is 2. The third-order valence-corrected chi connectivity index (χ3v) is 4.59. The van der Waals surface area contributed by atoms with Gasteiger partial charge in [-0.3, -0.25) is 4.79 Å². The quantitative estimate of drug-likeness (QED) is 0.785. The molecule has 0 atom stereocenters. The summed E-state index contributed by atoms with van der Waals surface area (Å²) >= 11 is 0. The summed E-state index contributed by atoms with van der Waals surface area (Å²) in [5.74, 6) is 0.0576. The van der Waals surface area contributed by atoms with Crippen molar-refractivity contribution in [1.82, 2.24) is 9.88 Å². The van der Waals surface area contributed by atoms with Gasteiger partial charge in [0, 0.05) is 24.0 Å². The first kappa shape index (κ1) is 19.0. The Labute approximate surface area is 140 Å². The Morgan fingerprint density at radius 1 is 1.27 bits per heavy atom. The summed E-state index contributed by atoms with van der Waals surface area (Å²) in [5.41, 5.74) is 8.64. The zero-order valence-corrected chi connectivity index (χ0v) is 14.7. The molecule has 0 radical (unpaired) electrons. The van der Waals surface area contributed by atoms with Crippen LogP contribution in [0.1, 0.15) is 72.7 Å². The fraction of sp³-hybridized carbons (Fsp3) is 0.706. The molecule has 0 bridgehead atoms. The average molecular weight is 328 g/mol. The highest BCUT2D eigenvalue weighted by molar-refractivity contribution is 5.95. The van der Waals surface area contributed by atoms with Crippen LogP contribution in [0.3, 0.4) is 0 Å². The molecule has 1 aliphatic rings. The monoisotopic (exact) mass is 327 g/mol. The van der Waals surface area contributed by atoms with Crippen molar-refractivity contribution in [3.63, 3.8) is 0 Å². The van der Waals surface area contributed by atoms with E-state index in [9.17, 15) is 4.79 Å². The number of halogens is 1. The van der Waals surface area contributed by atoms with Gasteiger partial charge in [-0.2, -0.15) is 0 Å². The van der Waals surface area contributed by atoms with Crippen molar-refractivity contribution >= 4 is 18.3 Å². The fourth-order valence-corrected chi connectivity index (χ4v) is 3.47. The zero-order valence-electron chi connectivity index (χ0n) is 13.9. The molecule has 1 fully saturated rings. The standard InChI is InChI=1S/C17H29N3O.ClH/c1-13-12-16(17(21)19-11-7-6-10-18)14(2)20(13)15-8-4-3-5-9-15;/h12,15H,3-11,18H2,1-2H3,(H,19,21);1H. The smallest absolute Gasteiger partial charge is 0.253 e. The van der Waals surface area contributed by atoms with Crippen LogP contribution in [0, 0.1) is 13.8 Å². The Balaban J connectivity index is 0.00000242. The summed E-state index contributed by atoms with van der Waals surface area (Å²) in [6, 6.07) is 2.62. The van der Waals surface area contributed by atoms with Crippen LogP contribution in [0.2, 0.25) is 0 Å². The Hall–Kier alpha value is -1.000. The molecule has 2 rings (SSSR count). The van der Waals surface area contributed by atoms with Gasteiger partial charge in [0.15, 0.2) is 0 Å². The van der Waals surface area contributed by atoms with Crippen LogP contribution in [-0.4, -0.2) is 23.6 Å². The van der Waals surface area contributed by atoms with Gasteiger partial charge in [-0.1, -0.05) is 19.3 Å². The minimum absolute atomic E-state index is 0. The van der Waals surface area contributed by atoms with Crippen LogP contribution < -0.4 is 11.1 Å². The molecule has 0 spiro atoms. The first-order valence-corrected chi connectivity index (χ1v) is 8.32. The first-order valence-electron chi connectivity index (χ1n) is 8.32. The summed E-state index contributed by atoms with van der Waals surface area (Å²) in [5, 5.41) is 3.01. The number of hydrogen-bond donors (Lipinski definition) is 2. The summed E-state index contributed by atoms with van der Waals surface area (Å²) in [7, 11) is 0. The largest absolute Gasteiger partial charge is 0.352 e. The summed E-state index contributed by atoms with van der Waals surface area (Å²) in [6.07, 6.45) is 8.36. The van der Waals surface area contributed by atoms with E-state index in [-0.39, 0.29) is 18.3 Å². The number of nitrogens with two attached hydrogens (primary N) is 1. The van der Waals surface area contributed by atoms with E-state index in [1.165, 1.54) is 37.8 Å². The van der Waals surface area contributed by atoms with Crippen LogP contribution in [0.5, 0.6) is 0 Å². The van der Waals surface area contributed by atoms with Gasteiger partial charge >= 0.3 is 0 Å². The van der Waals surface area contributed by atoms with Crippen LogP contribution in [0.15, 0.2) is 6.07 Å². The fourth-order valence-electron chi connectivity index (χ4n) is 3.47. The maximum absolute atomic E-state index is 12.3. The summed E-state index contributed by atoms with van der Waals surface area (Å²) < 4.78 is 2.38. The SMILES string of the molecule is Cc1cc(C(=O)NCCCCN)c(C)n1C1CCCCC1.Cl. The van der Waals surface area contributed by atoms with Crippen molar-refractivity contribution in [1.29, 1.82) is 0 Å². The van der Waals surface area contributed by atoms with E-state index < -0.39 is 0 Å². The van der Waals surface area contributed by atoms with E-state index in [2.05, 4.69) is 23.7 Å². The van der Waals surface area contributed by atoms with Gasteiger partial charge in [0.2, 0.25) is 0 Å². The van der Waals surface area contributed by atoms with Crippen molar-refractivity contribution in [3.05, 3.63) is 23.0 Å². The van der Waals surface area contributed by atoms with Crippen LogP contribution in [0.4, 0.5) is 0 Å². The number of nitrogens with zero attached hydrogens (tertiary/aromatic N) is 1. The van der Waals surface area contributed by atoms with Crippen molar-refractivity contribution in [2.45, 2.75) is 64.8 Å². The zero-order chi connectivity index (χ0) is 15.2. The molecule has 1 amide bonds. The second kappa shape index (κ2) is 9.21. The number of nitrogens with one attached hydrogen (secondary N) is 1. The molecule has 0 aliphatic heterocycles. The lowest BCUT2D eigenvalue weighted by molar-refractivity contribution is 0.0952. The van der Waals surface area contributed by atoms with Crippen molar-refractivity contribution in [3.8, 4) is 0 Å². The number of aryl methyl sites for hydroxylation is 1. The molecule has 3 N–H and O–H groups in total. The van der Waals surface area contributed by atoms with Gasteiger partial charge in [0.1, 0.15) is 0 Å². The van der Waals surface area contributed by atoms with E-state index in [0.717, 1.165) is 24.1 Å². The molecule has 1 heterocycles. The van der Waals surface area contributed by atoms with Crippen molar-refractivity contribution in [2.24, 2.45) is 5.73 Å². The molecule has 4 nitrogen and oxygen atoms in total. The summed E-state index contributed by atoms with van der Waals surface area (Å²) in [4.78, 5) is 12.3. The Bertz CT molecular complexity index is 478. The van der Waals surface area contributed by atoms with E-state index in [4.69, 9.17) is 5.73 Å². The Morgan fingerprint density at radius 3 is 2.59 bits per heavy atom. The predicted molar refractivity (Wildman–Crippen MR) is 93.9 cm³/mol. The second-order valence-electron chi connectivity index (χ2n) is 6.20. The van der Waals surface area contributed by atoms with Crippen LogP contribution >= 0.6 is 12.4 Å². The van der Waals surface area contributed by atoms with Gasteiger partial charge in [-0.05, 0) is 52.1 Å². The highest BCUT2D eigenvalue weighted by Crippen LogP contribution is 2.32. The van der Waals surface area contributed by atoms with Gasteiger partial charge in [-0.15, -0.1) is 12.4 Å². The Morgan fingerprint density at radius 2 is 1.95 bits per heavy atom. The topological polar surface area (TPSA) is 60.1 Å². The number of aromatic nitrogens is 1. The number of amides is 1. The maximum atomic E-state index is 12.3. The molecule has 5 heteroatoms. The first-order chi connectivity index (χ1) is 10.1. The van der Waals surface area contributed by atoms with Gasteiger partial charge in [0.05, 0.1) is 5.56 Å². The third kappa shape index (κ3) is 4.50. The van der Waals surface area contributed by atoms with Crippen LogP contribution in [0.25, 0.3) is 0 Å². The average Bonchev–Trinajstić information content (AvgIpc) is 2.79. The molecular weight excluding hydrogens is 298 g/mol. The van der Waals surface area contributed by atoms with E-state index >= 15 is 0 Å². The molecule has 1 aromatic rings. The lowest BCUT2D eigenvalue weighted by Gasteiger charge is -2.26. The lowest BCUT2D eigenvalue weighted by Crippen LogP contribution is -2.25. The van der Waals surface area contributed by atoms with Crippen molar-refractivity contribution in [2.75, 3.05) is 13.1 Å². The molecule has 126 valence electrons. The van der Waals surface area contributed by atoms with E-state index in [0.29, 0.717) is 19.1 Å². The highest BCUT2D eigenvalue weighted by atomic mass is 35.5. The molecule has 1 aromatic heterocycles.